The minimum atomic E-state index is -0.796. The second kappa shape index (κ2) is 11.4. The fourth-order valence-corrected chi connectivity index (χ4v) is 4.37. The van der Waals surface area contributed by atoms with Gasteiger partial charge in [-0.2, -0.15) is 0 Å². The third-order valence-corrected chi connectivity index (χ3v) is 6.15. The van der Waals surface area contributed by atoms with E-state index in [1.807, 2.05) is 12.1 Å². The number of hydrogen-bond donors (Lipinski definition) is 2. The Morgan fingerprint density at radius 3 is 2.66 bits per heavy atom. The molecule has 182 valence electrons. The zero-order valence-electron chi connectivity index (χ0n) is 18.3. The maximum absolute atomic E-state index is 12.7. The van der Waals surface area contributed by atoms with E-state index >= 15 is 0 Å². The summed E-state index contributed by atoms with van der Waals surface area (Å²) < 4.78 is 5.56. The number of nitrogens with zero attached hydrogens (tertiary/aromatic N) is 3. The molecule has 12 nitrogen and oxygen atoms in total. The normalized spacial score (nSPS) is 14.2. The average molecular weight is 518 g/mol. The molecule has 14 heteroatoms. The zero-order chi connectivity index (χ0) is 25.5. The number of anilines is 1. The first-order valence-electron chi connectivity index (χ1n) is 10.1. The van der Waals surface area contributed by atoms with E-state index in [1.54, 1.807) is 25.3 Å². The second-order valence-electron chi connectivity index (χ2n) is 7.10. The summed E-state index contributed by atoms with van der Waals surface area (Å²) >= 11 is 6.47. The number of thiocarbonyl (C=S) groups is 1. The van der Waals surface area contributed by atoms with Crippen molar-refractivity contribution in [3.63, 3.8) is 0 Å². The lowest BCUT2D eigenvalue weighted by atomic mass is 10.2. The van der Waals surface area contributed by atoms with E-state index in [9.17, 15) is 29.8 Å². The van der Waals surface area contributed by atoms with E-state index in [0.29, 0.717) is 15.0 Å². The summed E-state index contributed by atoms with van der Waals surface area (Å²) in [5.74, 6) is -0.0919. The first kappa shape index (κ1) is 25.6. The van der Waals surface area contributed by atoms with Crippen LogP contribution in [0.1, 0.15) is 18.4 Å². The molecule has 0 saturated carbocycles. The average Bonchev–Trinajstić information content (AvgIpc) is 3.09. The highest BCUT2D eigenvalue weighted by atomic mass is 32.2. The highest BCUT2D eigenvalue weighted by Gasteiger charge is 2.31. The lowest BCUT2D eigenvalue weighted by Gasteiger charge is -2.14. The van der Waals surface area contributed by atoms with Crippen molar-refractivity contribution in [1.29, 1.82) is 0 Å². The quantitative estimate of drug-likeness (QED) is 0.206. The highest BCUT2D eigenvalue weighted by Crippen LogP contribution is 2.33. The molecule has 0 unspecified atom stereocenters. The number of carbonyl (C=O) groups is 2. The summed E-state index contributed by atoms with van der Waals surface area (Å²) in [6.07, 6.45) is 2.00. The first-order valence-corrected chi connectivity index (χ1v) is 11.3. The molecule has 1 fully saturated rings. The van der Waals surface area contributed by atoms with Crippen LogP contribution >= 0.6 is 24.0 Å². The van der Waals surface area contributed by atoms with E-state index in [0.717, 1.165) is 23.8 Å². The lowest BCUT2D eigenvalue weighted by Crippen LogP contribution is -2.32. The van der Waals surface area contributed by atoms with Gasteiger partial charge in [-0.3, -0.25) is 45.6 Å². The molecule has 0 aliphatic carbocycles. The van der Waals surface area contributed by atoms with E-state index in [1.165, 1.54) is 16.7 Å². The van der Waals surface area contributed by atoms with Crippen LogP contribution in [0.3, 0.4) is 0 Å². The Kier molecular flexibility index (Phi) is 8.33. The summed E-state index contributed by atoms with van der Waals surface area (Å²) in [7, 11) is 1.55. The molecule has 0 atom stereocenters. The third kappa shape index (κ3) is 6.51. The predicted octanol–water partition coefficient (Wildman–Crippen LogP) is 3.64. The molecule has 0 aromatic heterocycles. The van der Waals surface area contributed by atoms with E-state index in [4.69, 9.17) is 17.0 Å². The SMILES string of the molecule is COc1cccc(C=C2SC(=S)N(CCCC(=O)NNc3ccc([N+](=O)[O-])cc3[N+](=O)[O-])C2=O)c1. The van der Waals surface area contributed by atoms with Gasteiger partial charge in [0.25, 0.3) is 11.6 Å². The van der Waals surface area contributed by atoms with E-state index < -0.39 is 27.1 Å². The van der Waals surface area contributed by atoms with Crippen LogP contribution in [0.5, 0.6) is 5.75 Å². The van der Waals surface area contributed by atoms with Gasteiger partial charge in [-0.25, -0.2) is 0 Å². The molecular formula is C21H19N5O7S2. The van der Waals surface area contributed by atoms with Gasteiger partial charge in [0.2, 0.25) is 5.91 Å². The minimum Gasteiger partial charge on any atom is -0.497 e. The van der Waals surface area contributed by atoms with Crippen LogP contribution in [-0.2, 0) is 9.59 Å². The van der Waals surface area contributed by atoms with Crippen LogP contribution < -0.4 is 15.6 Å². The summed E-state index contributed by atoms with van der Waals surface area (Å²) in [6, 6.07) is 10.2. The molecule has 2 amide bonds. The van der Waals surface area contributed by atoms with Gasteiger partial charge >= 0.3 is 5.69 Å². The van der Waals surface area contributed by atoms with Crippen LogP contribution in [0.2, 0.25) is 0 Å². The Labute approximate surface area is 208 Å². The Hall–Kier alpha value is -4.04. The van der Waals surface area contributed by atoms with Gasteiger partial charge in [0.05, 0.1) is 27.9 Å². The fraction of sp³-hybridized carbons (Fsp3) is 0.190. The number of carbonyl (C=O) groups excluding carboxylic acids is 2. The molecule has 35 heavy (non-hydrogen) atoms. The summed E-state index contributed by atoms with van der Waals surface area (Å²) in [5.41, 5.74) is 4.40. The molecule has 0 spiro atoms. The van der Waals surface area contributed by atoms with Crippen molar-refractivity contribution in [1.82, 2.24) is 10.3 Å². The lowest BCUT2D eigenvalue weighted by molar-refractivity contribution is -0.393. The Morgan fingerprint density at radius 2 is 1.97 bits per heavy atom. The molecular weight excluding hydrogens is 498 g/mol. The number of ether oxygens (including phenoxy) is 1. The van der Waals surface area contributed by atoms with Crippen molar-refractivity contribution in [3.05, 3.63) is 73.2 Å². The standard InChI is InChI=1S/C21H19N5O7S2/c1-33-15-5-2-4-13(10-15)11-18-20(28)24(21(34)35-18)9-3-6-19(27)23-22-16-8-7-14(25(29)30)12-17(16)26(31)32/h2,4-5,7-8,10-12,22H,3,6,9H2,1H3,(H,23,27). The topological polar surface area (TPSA) is 157 Å². The number of thioether (sulfide) groups is 1. The number of hydrazine groups is 1. The van der Waals surface area contributed by atoms with Crippen molar-refractivity contribution in [2.75, 3.05) is 19.1 Å². The number of benzene rings is 2. The van der Waals surface area contributed by atoms with Gasteiger partial charge in [-0.1, -0.05) is 36.1 Å². The summed E-state index contributed by atoms with van der Waals surface area (Å²) in [6.45, 7) is 0.214. The van der Waals surface area contributed by atoms with Crippen LogP contribution in [0.4, 0.5) is 17.1 Å². The molecule has 1 aliphatic heterocycles. The van der Waals surface area contributed by atoms with Crippen LogP contribution in [0.25, 0.3) is 6.08 Å². The van der Waals surface area contributed by atoms with E-state index in [-0.39, 0.29) is 31.0 Å². The second-order valence-corrected chi connectivity index (χ2v) is 8.78. The maximum Gasteiger partial charge on any atom is 0.300 e. The van der Waals surface area contributed by atoms with Crippen molar-refractivity contribution in [3.8, 4) is 5.75 Å². The van der Waals surface area contributed by atoms with Gasteiger partial charge in [0, 0.05) is 19.0 Å². The molecule has 0 bridgehead atoms. The number of non-ortho nitro benzene ring substituents is 1. The number of methoxy groups -OCH3 is 1. The van der Waals surface area contributed by atoms with Crippen molar-refractivity contribution in [2.24, 2.45) is 0 Å². The van der Waals surface area contributed by atoms with Crippen LogP contribution in [0.15, 0.2) is 47.4 Å². The molecule has 1 saturated heterocycles. The molecule has 1 heterocycles. The molecule has 2 N–H and O–H groups in total. The smallest absolute Gasteiger partial charge is 0.300 e. The van der Waals surface area contributed by atoms with Crippen LogP contribution in [-0.4, -0.2) is 44.5 Å². The molecule has 1 aliphatic rings. The monoisotopic (exact) mass is 517 g/mol. The number of nitrogens with one attached hydrogen (secondary N) is 2. The molecule has 0 radical (unpaired) electrons. The van der Waals surface area contributed by atoms with Gasteiger partial charge in [-0.15, -0.1) is 0 Å². The van der Waals surface area contributed by atoms with Crippen molar-refractivity contribution < 1.29 is 24.2 Å². The molecule has 2 aromatic carbocycles. The highest BCUT2D eigenvalue weighted by molar-refractivity contribution is 8.26. The summed E-state index contributed by atoms with van der Waals surface area (Å²) in [4.78, 5) is 47.2. The zero-order valence-corrected chi connectivity index (χ0v) is 19.9. The van der Waals surface area contributed by atoms with E-state index in [2.05, 4.69) is 10.9 Å². The Morgan fingerprint density at radius 1 is 1.20 bits per heavy atom. The van der Waals surface area contributed by atoms with Gasteiger partial charge in [0.15, 0.2) is 0 Å². The predicted molar refractivity (Wildman–Crippen MR) is 134 cm³/mol. The molecule has 3 rings (SSSR count). The largest absolute Gasteiger partial charge is 0.497 e. The maximum atomic E-state index is 12.7. The van der Waals surface area contributed by atoms with Gasteiger partial charge in [0.1, 0.15) is 15.8 Å². The number of nitro benzene ring substituents is 2. The number of nitro groups is 2. The fourth-order valence-electron chi connectivity index (χ4n) is 3.06. The number of hydrogen-bond acceptors (Lipinski definition) is 10. The summed E-state index contributed by atoms with van der Waals surface area (Å²) in [5, 5.41) is 22.0. The Bertz CT molecular complexity index is 1230. The van der Waals surface area contributed by atoms with Crippen molar-refractivity contribution in [2.45, 2.75) is 12.8 Å². The minimum absolute atomic E-state index is 0.000227. The first-order chi connectivity index (χ1) is 16.7. The number of rotatable bonds is 10. The van der Waals surface area contributed by atoms with Gasteiger partial charge in [-0.05, 0) is 36.3 Å². The Balaban J connectivity index is 1.53. The van der Waals surface area contributed by atoms with Gasteiger partial charge < -0.3 is 4.74 Å². The third-order valence-electron chi connectivity index (χ3n) is 4.78. The van der Waals surface area contributed by atoms with Crippen molar-refractivity contribution >= 4 is 63.3 Å². The van der Waals surface area contributed by atoms with Crippen LogP contribution in [0, 0.1) is 20.2 Å². The number of amides is 2. The molecule has 2 aromatic rings.